The number of amides is 1. The monoisotopic (exact) mass is 298 g/mol. The number of halogens is 2. The average Bonchev–Trinajstić information content (AvgIpc) is 2.45. The lowest BCUT2D eigenvalue weighted by atomic mass is 10.1. The van der Waals surface area contributed by atoms with Gasteiger partial charge in [-0.3, -0.25) is 4.79 Å². The van der Waals surface area contributed by atoms with Crippen molar-refractivity contribution >= 4 is 5.91 Å². The van der Waals surface area contributed by atoms with Crippen molar-refractivity contribution in [3.8, 4) is 5.75 Å². The maximum absolute atomic E-state index is 13.0. The Balaban J connectivity index is 1.75. The van der Waals surface area contributed by atoms with Crippen LogP contribution in [-0.4, -0.2) is 43.1 Å². The second-order valence-corrected chi connectivity index (χ2v) is 5.17. The number of nitrogens with one attached hydrogen (secondary N) is 1. The van der Waals surface area contributed by atoms with Crippen molar-refractivity contribution in [2.45, 2.75) is 25.8 Å². The Morgan fingerprint density at radius 3 is 2.48 bits per heavy atom. The third kappa shape index (κ3) is 4.97. The summed E-state index contributed by atoms with van der Waals surface area (Å²) in [6.07, 6.45) is 1.82. The third-order valence-electron chi connectivity index (χ3n) is 3.61. The van der Waals surface area contributed by atoms with Gasteiger partial charge in [0, 0.05) is 37.3 Å². The number of nitrogens with zero attached hydrogens (tertiary/aromatic N) is 1. The molecule has 0 bridgehead atoms. The van der Waals surface area contributed by atoms with E-state index in [1.807, 2.05) is 0 Å². The summed E-state index contributed by atoms with van der Waals surface area (Å²) in [5.74, 6) is -1.70. The van der Waals surface area contributed by atoms with Crippen molar-refractivity contribution in [3.63, 3.8) is 0 Å². The molecule has 1 saturated heterocycles. The van der Waals surface area contributed by atoms with Crippen molar-refractivity contribution in [1.29, 1.82) is 0 Å². The van der Waals surface area contributed by atoms with Gasteiger partial charge in [0.05, 0.1) is 0 Å². The number of hydrogen-bond donors (Lipinski definition) is 1. The minimum absolute atomic E-state index is 0.0171. The zero-order valence-corrected chi connectivity index (χ0v) is 12.1. The molecule has 1 aromatic carbocycles. The molecule has 116 valence electrons. The molecule has 1 aliphatic heterocycles. The zero-order chi connectivity index (χ0) is 15.2. The van der Waals surface area contributed by atoms with Gasteiger partial charge in [0.2, 0.25) is 0 Å². The zero-order valence-electron chi connectivity index (χ0n) is 12.1. The van der Waals surface area contributed by atoms with E-state index in [4.69, 9.17) is 4.74 Å². The van der Waals surface area contributed by atoms with Gasteiger partial charge in [0.25, 0.3) is 5.91 Å². The SMILES string of the molecule is CCN1CCC(NC(=O)COc2cc(F)cc(F)c2)CC1. The first-order valence-corrected chi connectivity index (χ1v) is 7.17. The van der Waals surface area contributed by atoms with E-state index in [1.165, 1.54) is 0 Å². The third-order valence-corrected chi connectivity index (χ3v) is 3.61. The summed E-state index contributed by atoms with van der Waals surface area (Å²) in [6.45, 7) is 4.84. The largest absolute Gasteiger partial charge is 0.484 e. The average molecular weight is 298 g/mol. The molecule has 1 fully saturated rings. The van der Waals surface area contributed by atoms with Gasteiger partial charge >= 0.3 is 0 Å². The molecule has 1 aliphatic rings. The van der Waals surface area contributed by atoms with Crippen LogP contribution in [0.1, 0.15) is 19.8 Å². The molecular weight excluding hydrogens is 278 g/mol. The highest BCUT2D eigenvalue weighted by Gasteiger charge is 2.19. The van der Waals surface area contributed by atoms with E-state index < -0.39 is 11.6 Å². The van der Waals surface area contributed by atoms with Gasteiger partial charge < -0.3 is 15.0 Å². The number of rotatable bonds is 5. The summed E-state index contributed by atoms with van der Waals surface area (Å²) in [5.41, 5.74) is 0. The standard InChI is InChI=1S/C15H20F2N2O2/c1-2-19-5-3-13(4-6-19)18-15(20)10-21-14-8-11(16)7-12(17)9-14/h7-9,13H,2-6,10H2,1H3,(H,18,20). The lowest BCUT2D eigenvalue weighted by molar-refractivity contribution is -0.124. The second kappa shape index (κ2) is 7.36. The van der Waals surface area contributed by atoms with Crippen LogP contribution in [0.2, 0.25) is 0 Å². The van der Waals surface area contributed by atoms with Crippen LogP contribution in [0.15, 0.2) is 18.2 Å². The number of piperidine rings is 1. The molecule has 6 heteroatoms. The molecule has 0 spiro atoms. The topological polar surface area (TPSA) is 41.6 Å². The summed E-state index contributed by atoms with van der Waals surface area (Å²) >= 11 is 0. The van der Waals surface area contributed by atoms with Crippen LogP contribution in [0.25, 0.3) is 0 Å². The normalized spacial score (nSPS) is 16.7. The summed E-state index contributed by atoms with van der Waals surface area (Å²) in [5, 5.41) is 2.88. The second-order valence-electron chi connectivity index (χ2n) is 5.17. The summed E-state index contributed by atoms with van der Waals surface area (Å²) in [4.78, 5) is 14.1. The maximum Gasteiger partial charge on any atom is 0.258 e. The number of carbonyl (C=O) groups excluding carboxylic acids is 1. The Bertz CT molecular complexity index is 468. The summed E-state index contributed by atoms with van der Waals surface area (Å²) in [7, 11) is 0. The van der Waals surface area contributed by atoms with E-state index in [0.29, 0.717) is 0 Å². The molecule has 1 N–H and O–H groups in total. The van der Waals surface area contributed by atoms with Gasteiger partial charge in [-0.1, -0.05) is 6.92 Å². The van der Waals surface area contributed by atoms with Crippen molar-refractivity contribution in [1.82, 2.24) is 10.2 Å². The number of benzene rings is 1. The Morgan fingerprint density at radius 2 is 1.90 bits per heavy atom. The first-order valence-electron chi connectivity index (χ1n) is 7.17. The van der Waals surface area contributed by atoms with E-state index >= 15 is 0 Å². The minimum Gasteiger partial charge on any atom is -0.484 e. The van der Waals surface area contributed by atoms with Gasteiger partial charge in [-0.2, -0.15) is 0 Å². The molecule has 0 radical (unpaired) electrons. The van der Waals surface area contributed by atoms with Gasteiger partial charge in [-0.15, -0.1) is 0 Å². The van der Waals surface area contributed by atoms with E-state index in [-0.39, 0.29) is 24.3 Å². The van der Waals surface area contributed by atoms with Crippen LogP contribution in [0.3, 0.4) is 0 Å². The summed E-state index contributed by atoms with van der Waals surface area (Å²) < 4.78 is 31.1. The van der Waals surface area contributed by atoms with Gasteiger partial charge in [0.1, 0.15) is 17.4 Å². The lowest BCUT2D eigenvalue weighted by Gasteiger charge is -2.31. The lowest BCUT2D eigenvalue weighted by Crippen LogP contribution is -2.45. The van der Waals surface area contributed by atoms with Gasteiger partial charge in [-0.05, 0) is 19.4 Å². The van der Waals surface area contributed by atoms with Crippen LogP contribution >= 0.6 is 0 Å². The molecule has 2 rings (SSSR count). The van der Waals surface area contributed by atoms with Crippen LogP contribution in [0, 0.1) is 11.6 Å². The van der Waals surface area contributed by atoms with E-state index in [9.17, 15) is 13.6 Å². The van der Waals surface area contributed by atoms with Crippen molar-refractivity contribution in [3.05, 3.63) is 29.8 Å². The Morgan fingerprint density at radius 1 is 1.29 bits per heavy atom. The Kier molecular flexibility index (Phi) is 5.50. The molecule has 4 nitrogen and oxygen atoms in total. The highest BCUT2D eigenvalue weighted by Crippen LogP contribution is 2.15. The van der Waals surface area contributed by atoms with Crippen LogP contribution in [0.4, 0.5) is 8.78 Å². The van der Waals surface area contributed by atoms with Crippen LogP contribution in [-0.2, 0) is 4.79 Å². The Labute approximate surface area is 123 Å². The van der Waals surface area contributed by atoms with Crippen molar-refractivity contribution in [2.75, 3.05) is 26.2 Å². The number of hydrogen-bond acceptors (Lipinski definition) is 3. The maximum atomic E-state index is 13.0. The van der Waals surface area contributed by atoms with E-state index in [1.54, 1.807) is 0 Å². The molecule has 0 saturated carbocycles. The van der Waals surface area contributed by atoms with Crippen molar-refractivity contribution in [2.24, 2.45) is 0 Å². The van der Waals surface area contributed by atoms with E-state index in [0.717, 1.165) is 50.7 Å². The molecule has 0 atom stereocenters. The van der Waals surface area contributed by atoms with E-state index in [2.05, 4.69) is 17.1 Å². The first-order chi connectivity index (χ1) is 10.1. The predicted molar refractivity (Wildman–Crippen MR) is 75.1 cm³/mol. The van der Waals surface area contributed by atoms with Gasteiger partial charge in [-0.25, -0.2) is 8.78 Å². The fourth-order valence-corrected chi connectivity index (χ4v) is 2.42. The molecule has 0 aromatic heterocycles. The molecule has 21 heavy (non-hydrogen) atoms. The van der Waals surface area contributed by atoms with Gasteiger partial charge in [0.15, 0.2) is 6.61 Å². The molecule has 1 amide bonds. The van der Waals surface area contributed by atoms with Crippen molar-refractivity contribution < 1.29 is 18.3 Å². The fourth-order valence-electron chi connectivity index (χ4n) is 2.42. The first kappa shape index (κ1) is 15.7. The highest BCUT2D eigenvalue weighted by atomic mass is 19.1. The highest BCUT2D eigenvalue weighted by molar-refractivity contribution is 5.77. The Hall–Kier alpha value is -1.69. The molecule has 1 aromatic rings. The molecule has 0 aliphatic carbocycles. The number of ether oxygens (including phenoxy) is 1. The summed E-state index contributed by atoms with van der Waals surface area (Å²) in [6, 6.07) is 3.01. The van der Waals surface area contributed by atoms with Crippen LogP contribution < -0.4 is 10.1 Å². The van der Waals surface area contributed by atoms with Crippen LogP contribution in [0.5, 0.6) is 5.75 Å². The quantitative estimate of drug-likeness (QED) is 0.903. The smallest absolute Gasteiger partial charge is 0.258 e. The molecule has 1 heterocycles. The number of carbonyl (C=O) groups is 1. The predicted octanol–water partition coefficient (Wildman–Crippen LogP) is 1.94. The molecule has 0 unspecified atom stereocenters. The fraction of sp³-hybridized carbons (Fsp3) is 0.533. The molecular formula is C15H20F2N2O2. The minimum atomic E-state index is -0.725. The number of likely N-dealkylation sites (tertiary alicyclic amines) is 1.